The molecular weight excluding hydrogens is 292 g/mol. The minimum Gasteiger partial charge on any atom is -0.317 e. The lowest BCUT2D eigenvalue weighted by atomic mass is 10.1. The van der Waals surface area contributed by atoms with Crippen LogP contribution < -0.4 is 10.7 Å². The fraction of sp³-hybridized carbons (Fsp3) is 0.176. The van der Waals surface area contributed by atoms with E-state index in [0.717, 1.165) is 16.7 Å². The molecule has 6 heteroatoms. The molecule has 0 unspecified atom stereocenters. The second-order valence-corrected chi connectivity index (χ2v) is 5.15. The summed E-state index contributed by atoms with van der Waals surface area (Å²) < 4.78 is 0. The highest BCUT2D eigenvalue weighted by atomic mass is 16.2. The van der Waals surface area contributed by atoms with Crippen molar-refractivity contribution in [3.05, 3.63) is 59.4 Å². The lowest BCUT2D eigenvalue weighted by Crippen LogP contribution is -2.33. The number of pyridine rings is 1. The first-order valence-corrected chi connectivity index (χ1v) is 7.10. The molecule has 2 aromatic rings. The summed E-state index contributed by atoms with van der Waals surface area (Å²) in [6.07, 6.45) is 3.26. The molecule has 0 atom stereocenters. The molecular formula is C17H18N4O2. The summed E-state index contributed by atoms with van der Waals surface area (Å²) in [5.41, 5.74) is 6.14. The number of hydrazone groups is 1. The maximum atomic E-state index is 11.9. The summed E-state index contributed by atoms with van der Waals surface area (Å²) in [5.74, 6) is -1.58. The van der Waals surface area contributed by atoms with Gasteiger partial charge >= 0.3 is 11.8 Å². The van der Waals surface area contributed by atoms with E-state index in [2.05, 4.69) is 20.8 Å². The number of carbonyl (C=O) groups excluding carboxylic acids is 2. The van der Waals surface area contributed by atoms with Gasteiger partial charge in [0.1, 0.15) is 0 Å². The minimum absolute atomic E-state index is 0.584. The summed E-state index contributed by atoms with van der Waals surface area (Å²) in [5, 5.41) is 6.51. The lowest BCUT2D eigenvalue weighted by Gasteiger charge is -2.08. The number of nitrogens with zero attached hydrogens (tertiary/aromatic N) is 2. The maximum absolute atomic E-state index is 11.9. The number of nitrogens with one attached hydrogen (secondary N) is 2. The van der Waals surface area contributed by atoms with E-state index in [0.29, 0.717) is 11.4 Å². The molecule has 0 spiro atoms. The second kappa shape index (κ2) is 7.31. The Kier molecular flexibility index (Phi) is 5.19. The molecule has 0 aliphatic heterocycles. The maximum Gasteiger partial charge on any atom is 0.329 e. The van der Waals surface area contributed by atoms with Gasteiger partial charge < -0.3 is 5.32 Å². The normalized spacial score (nSPS) is 11.0. The summed E-state index contributed by atoms with van der Waals surface area (Å²) in [4.78, 5) is 27.7. The highest BCUT2D eigenvalue weighted by Crippen LogP contribution is 2.16. The van der Waals surface area contributed by atoms with Crippen molar-refractivity contribution in [2.75, 3.05) is 5.32 Å². The van der Waals surface area contributed by atoms with Gasteiger partial charge in [0, 0.05) is 23.6 Å². The smallest absolute Gasteiger partial charge is 0.317 e. The Balaban J connectivity index is 2.00. The molecule has 2 rings (SSSR count). The van der Waals surface area contributed by atoms with Crippen LogP contribution in [0.1, 0.15) is 23.6 Å². The monoisotopic (exact) mass is 310 g/mol. The number of aryl methyl sites for hydroxylation is 2. The van der Waals surface area contributed by atoms with Gasteiger partial charge in [0.15, 0.2) is 0 Å². The molecule has 0 radical (unpaired) electrons. The van der Waals surface area contributed by atoms with Crippen LogP contribution in [-0.2, 0) is 9.59 Å². The van der Waals surface area contributed by atoms with Crippen molar-refractivity contribution in [1.29, 1.82) is 0 Å². The number of anilines is 1. The Morgan fingerprint density at radius 2 is 1.74 bits per heavy atom. The van der Waals surface area contributed by atoms with Crippen molar-refractivity contribution < 1.29 is 9.59 Å². The van der Waals surface area contributed by atoms with Crippen LogP contribution in [0, 0.1) is 13.8 Å². The van der Waals surface area contributed by atoms with Crippen LogP contribution in [0.3, 0.4) is 0 Å². The summed E-state index contributed by atoms with van der Waals surface area (Å²) >= 11 is 0. The quantitative estimate of drug-likeness (QED) is 0.518. The molecule has 0 aliphatic carbocycles. The third kappa shape index (κ3) is 4.47. The van der Waals surface area contributed by atoms with Crippen LogP contribution in [0.5, 0.6) is 0 Å². The van der Waals surface area contributed by atoms with E-state index in [4.69, 9.17) is 0 Å². The topological polar surface area (TPSA) is 83.5 Å². The average molecular weight is 310 g/mol. The predicted octanol–water partition coefficient (Wildman–Crippen LogP) is 2.18. The number of carbonyl (C=O) groups is 2. The van der Waals surface area contributed by atoms with E-state index in [9.17, 15) is 9.59 Å². The first-order valence-electron chi connectivity index (χ1n) is 7.10. The van der Waals surface area contributed by atoms with Crippen LogP contribution in [0.2, 0.25) is 0 Å². The van der Waals surface area contributed by atoms with Crippen LogP contribution in [-0.4, -0.2) is 22.5 Å². The van der Waals surface area contributed by atoms with Gasteiger partial charge in [0.25, 0.3) is 0 Å². The van der Waals surface area contributed by atoms with Crippen molar-refractivity contribution in [3.8, 4) is 0 Å². The number of amides is 2. The summed E-state index contributed by atoms with van der Waals surface area (Å²) in [7, 11) is 0. The Morgan fingerprint density at radius 1 is 1.04 bits per heavy atom. The van der Waals surface area contributed by atoms with E-state index in [1.807, 2.05) is 32.0 Å². The fourth-order valence-electron chi connectivity index (χ4n) is 1.89. The zero-order chi connectivity index (χ0) is 16.8. The minimum atomic E-state index is -0.820. The zero-order valence-electron chi connectivity index (χ0n) is 13.3. The van der Waals surface area contributed by atoms with E-state index in [1.54, 1.807) is 31.5 Å². The van der Waals surface area contributed by atoms with Gasteiger partial charge in [0.2, 0.25) is 0 Å². The fourth-order valence-corrected chi connectivity index (χ4v) is 1.89. The second-order valence-electron chi connectivity index (χ2n) is 5.15. The first kappa shape index (κ1) is 16.4. The van der Waals surface area contributed by atoms with Crippen LogP contribution >= 0.6 is 0 Å². The number of benzene rings is 1. The molecule has 1 heterocycles. The van der Waals surface area contributed by atoms with Crippen LogP contribution in [0.15, 0.2) is 47.8 Å². The number of aromatic nitrogens is 1. The Labute approximate surface area is 134 Å². The molecule has 2 N–H and O–H groups in total. The van der Waals surface area contributed by atoms with E-state index >= 15 is 0 Å². The summed E-state index contributed by atoms with van der Waals surface area (Å²) in [6, 6.07) is 9.16. The summed E-state index contributed by atoms with van der Waals surface area (Å²) in [6.45, 7) is 5.51. The Bertz CT molecular complexity index is 754. The molecule has 0 saturated heterocycles. The highest BCUT2D eigenvalue weighted by Gasteiger charge is 2.14. The van der Waals surface area contributed by atoms with Gasteiger partial charge in [-0.1, -0.05) is 12.1 Å². The molecule has 0 fully saturated rings. The van der Waals surface area contributed by atoms with Gasteiger partial charge in [-0.05, 0) is 50.1 Å². The third-order valence-corrected chi connectivity index (χ3v) is 3.27. The first-order chi connectivity index (χ1) is 11.0. The van der Waals surface area contributed by atoms with E-state index < -0.39 is 11.8 Å². The Hall–Kier alpha value is -3.02. The van der Waals surface area contributed by atoms with Gasteiger partial charge in [-0.15, -0.1) is 0 Å². The van der Waals surface area contributed by atoms with E-state index in [1.165, 1.54) is 0 Å². The van der Waals surface area contributed by atoms with Crippen molar-refractivity contribution in [2.45, 2.75) is 20.8 Å². The number of hydrogen-bond acceptors (Lipinski definition) is 4. The molecule has 0 bridgehead atoms. The van der Waals surface area contributed by atoms with Crippen molar-refractivity contribution >= 4 is 23.2 Å². The van der Waals surface area contributed by atoms with Gasteiger partial charge in [-0.25, -0.2) is 5.43 Å². The van der Waals surface area contributed by atoms with Gasteiger partial charge in [-0.3, -0.25) is 14.6 Å². The third-order valence-electron chi connectivity index (χ3n) is 3.27. The standard InChI is InChI=1S/C17H18N4O2/c1-11-4-5-12(2)15(10-11)19-16(22)17(23)21-20-13(3)14-6-8-18-9-7-14/h4-10H,1-3H3,(H,19,22)(H,21,23)/b20-13-. The zero-order valence-corrected chi connectivity index (χ0v) is 13.3. The molecule has 23 heavy (non-hydrogen) atoms. The molecule has 1 aromatic carbocycles. The van der Waals surface area contributed by atoms with Crippen molar-refractivity contribution in [3.63, 3.8) is 0 Å². The molecule has 6 nitrogen and oxygen atoms in total. The lowest BCUT2D eigenvalue weighted by molar-refractivity contribution is -0.136. The average Bonchev–Trinajstić information content (AvgIpc) is 2.56. The Morgan fingerprint density at radius 3 is 2.43 bits per heavy atom. The van der Waals surface area contributed by atoms with Gasteiger partial charge in [0.05, 0.1) is 5.71 Å². The molecule has 0 aliphatic rings. The molecule has 0 saturated carbocycles. The van der Waals surface area contributed by atoms with Crippen LogP contribution in [0.4, 0.5) is 5.69 Å². The largest absolute Gasteiger partial charge is 0.329 e. The number of rotatable bonds is 3. The predicted molar refractivity (Wildman–Crippen MR) is 89.1 cm³/mol. The molecule has 2 amide bonds. The molecule has 1 aromatic heterocycles. The van der Waals surface area contributed by atoms with Crippen LogP contribution in [0.25, 0.3) is 0 Å². The van der Waals surface area contributed by atoms with E-state index in [-0.39, 0.29) is 0 Å². The van der Waals surface area contributed by atoms with Gasteiger partial charge in [-0.2, -0.15) is 5.10 Å². The van der Waals surface area contributed by atoms with Crippen molar-refractivity contribution in [1.82, 2.24) is 10.4 Å². The molecule has 118 valence electrons. The highest BCUT2D eigenvalue weighted by molar-refractivity contribution is 6.39. The number of hydrogen-bond donors (Lipinski definition) is 2. The van der Waals surface area contributed by atoms with Crippen molar-refractivity contribution in [2.24, 2.45) is 5.10 Å². The SMILES string of the molecule is C/C(=N/NC(=O)C(=O)Nc1cc(C)ccc1C)c1ccncc1.